The lowest BCUT2D eigenvalue weighted by atomic mass is 9.96. The number of hydrogen-bond donors (Lipinski definition) is 2. The molecule has 0 saturated carbocycles. The molecule has 0 spiro atoms. The summed E-state index contributed by atoms with van der Waals surface area (Å²) in [5, 5.41) is 6.52. The Morgan fingerprint density at radius 3 is 3.14 bits per heavy atom. The molecule has 2 aliphatic rings. The fourth-order valence-corrected chi connectivity index (χ4v) is 3.43. The van der Waals surface area contributed by atoms with Crippen molar-refractivity contribution in [2.75, 3.05) is 33.4 Å². The van der Waals surface area contributed by atoms with Gasteiger partial charge in [-0.3, -0.25) is 4.79 Å². The van der Waals surface area contributed by atoms with E-state index in [1.807, 2.05) is 18.2 Å². The highest BCUT2D eigenvalue weighted by molar-refractivity contribution is 5.83. The van der Waals surface area contributed by atoms with E-state index >= 15 is 0 Å². The molecule has 2 heterocycles. The molecule has 3 rings (SSSR count). The topological polar surface area (TPSA) is 59.6 Å². The molecule has 0 aromatic heterocycles. The standard InChI is InChI=1S/C17H24N2O3/c1-21-12-17(8-4-9-19-17)11-18-16(20)15-14-6-3-2-5-13(14)7-10-22-15/h2-3,5-6,15,19H,4,7-12H2,1H3,(H,18,20). The predicted octanol–water partition coefficient (Wildman–Crippen LogP) is 1.19. The minimum atomic E-state index is -0.494. The van der Waals surface area contributed by atoms with Crippen LogP contribution >= 0.6 is 0 Å². The predicted molar refractivity (Wildman–Crippen MR) is 83.7 cm³/mol. The number of rotatable bonds is 5. The SMILES string of the molecule is COCC1(CNC(=O)C2OCCc3ccccc32)CCCN1. The number of carbonyl (C=O) groups is 1. The molecule has 2 aliphatic heterocycles. The molecule has 1 aromatic carbocycles. The van der Waals surface area contributed by atoms with Gasteiger partial charge in [0.15, 0.2) is 6.10 Å². The molecule has 2 atom stereocenters. The molecule has 120 valence electrons. The third kappa shape index (κ3) is 3.16. The number of benzene rings is 1. The van der Waals surface area contributed by atoms with E-state index in [0.717, 1.165) is 31.4 Å². The van der Waals surface area contributed by atoms with E-state index in [-0.39, 0.29) is 11.4 Å². The summed E-state index contributed by atoms with van der Waals surface area (Å²) < 4.78 is 11.0. The Morgan fingerprint density at radius 1 is 1.50 bits per heavy atom. The normalized spacial score (nSPS) is 27.4. The van der Waals surface area contributed by atoms with Crippen LogP contribution in [0, 0.1) is 0 Å². The lowest BCUT2D eigenvalue weighted by molar-refractivity contribution is -0.134. The maximum Gasteiger partial charge on any atom is 0.253 e. The van der Waals surface area contributed by atoms with E-state index in [1.165, 1.54) is 5.56 Å². The molecule has 2 N–H and O–H groups in total. The maximum absolute atomic E-state index is 12.6. The summed E-state index contributed by atoms with van der Waals surface area (Å²) in [6.45, 7) is 2.75. The van der Waals surface area contributed by atoms with Gasteiger partial charge < -0.3 is 20.1 Å². The minimum absolute atomic E-state index is 0.0590. The molecule has 0 bridgehead atoms. The molecule has 1 fully saturated rings. The Bertz CT molecular complexity index is 526. The molecular formula is C17H24N2O3. The van der Waals surface area contributed by atoms with E-state index in [1.54, 1.807) is 7.11 Å². The zero-order valence-corrected chi connectivity index (χ0v) is 13.1. The van der Waals surface area contributed by atoms with Crippen LogP contribution in [-0.2, 0) is 20.7 Å². The van der Waals surface area contributed by atoms with Crippen molar-refractivity contribution in [3.63, 3.8) is 0 Å². The van der Waals surface area contributed by atoms with Crippen LogP contribution in [0.1, 0.15) is 30.1 Å². The van der Waals surface area contributed by atoms with Gasteiger partial charge in [-0.05, 0) is 36.9 Å². The van der Waals surface area contributed by atoms with Crippen LogP contribution in [0.5, 0.6) is 0 Å². The first kappa shape index (κ1) is 15.5. The van der Waals surface area contributed by atoms with Crippen molar-refractivity contribution in [1.82, 2.24) is 10.6 Å². The molecule has 0 radical (unpaired) electrons. The van der Waals surface area contributed by atoms with Gasteiger partial charge in [-0.15, -0.1) is 0 Å². The number of carbonyl (C=O) groups excluding carboxylic acids is 1. The fourth-order valence-electron chi connectivity index (χ4n) is 3.43. The van der Waals surface area contributed by atoms with Gasteiger partial charge in [0.05, 0.1) is 18.8 Å². The molecule has 1 saturated heterocycles. The summed E-state index contributed by atoms with van der Waals surface area (Å²) in [5.74, 6) is -0.0590. The van der Waals surface area contributed by atoms with Crippen molar-refractivity contribution >= 4 is 5.91 Å². The second-order valence-corrected chi connectivity index (χ2v) is 6.16. The summed E-state index contributed by atoms with van der Waals surface area (Å²) >= 11 is 0. The smallest absolute Gasteiger partial charge is 0.253 e. The summed E-state index contributed by atoms with van der Waals surface area (Å²) in [6.07, 6.45) is 2.51. The third-order valence-electron chi connectivity index (χ3n) is 4.59. The molecule has 0 aliphatic carbocycles. The van der Waals surface area contributed by atoms with E-state index in [2.05, 4.69) is 16.7 Å². The molecule has 1 amide bonds. The Labute approximate surface area is 131 Å². The quantitative estimate of drug-likeness (QED) is 0.858. The Balaban J connectivity index is 1.65. The van der Waals surface area contributed by atoms with Crippen molar-refractivity contribution in [1.29, 1.82) is 0 Å². The second-order valence-electron chi connectivity index (χ2n) is 6.16. The molecule has 5 heteroatoms. The number of nitrogens with one attached hydrogen (secondary N) is 2. The molecule has 2 unspecified atom stereocenters. The number of methoxy groups -OCH3 is 1. The molecular weight excluding hydrogens is 280 g/mol. The van der Waals surface area contributed by atoms with E-state index in [9.17, 15) is 4.79 Å². The van der Waals surface area contributed by atoms with Crippen molar-refractivity contribution in [3.05, 3.63) is 35.4 Å². The highest BCUT2D eigenvalue weighted by atomic mass is 16.5. The van der Waals surface area contributed by atoms with Crippen molar-refractivity contribution in [2.45, 2.75) is 30.9 Å². The monoisotopic (exact) mass is 304 g/mol. The van der Waals surface area contributed by atoms with Crippen LogP contribution < -0.4 is 10.6 Å². The number of hydrogen-bond acceptors (Lipinski definition) is 4. The highest BCUT2D eigenvalue weighted by Crippen LogP contribution is 2.27. The Morgan fingerprint density at radius 2 is 2.36 bits per heavy atom. The molecule has 22 heavy (non-hydrogen) atoms. The lowest BCUT2D eigenvalue weighted by Gasteiger charge is -2.31. The molecule has 5 nitrogen and oxygen atoms in total. The molecule has 1 aromatic rings. The van der Waals surface area contributed by atoms with Gasteiger partial charge in [0.2, 0.25) is 0 Å². The average Bonchev–Trinajstić information content (AvgIpc) is 3.01. The lowest BCUT2D eigenvalue weighted by Crippen LogP contribution is -2.53. The zero-order chi connectivity index (χ0) is 15.4. The van der Waals surface area contributed by atoms with Crippen molar-refractivity contribution in [2.24, 2.45) is 0 Å². The Hall–Kier alpha value is -1.43. The first-order valence-corrected chi connectivity index (χ1v) is 7.95. The minimum Gasteiger partial charge on any atom is -0.383 e. The summed E-state index contributed by atoms with van der Waals surface area (Å²) in [7, 11) is 1.70. The first-order chi connectivity index (χ1) is 10.7. The zero-order valence-electron chi connectivity index (χ0n) is 13.1. The summed E-state index contributed by atoms with van der Waals surface area (Å²) in [6, 6.07) is 8.02. The van der Waals surface area contributed by atoms with Crippen LogP contribution in [0.2, 0.25) is 0 Å². The summed E-state index contributed by atoms with van der Waals surface area (Å²) in [4.78, 5) is 12.6. The number of fused-ring (bicyclic) bond motifs is 1. The maximum atomic E-state index is 12.6. The van der Waals surface area contributed by atoms with Gasteiger partial charge in [0.1, 0.15) is 0 Å². The van der Waals surface area contributed by atoms with Crippen LogP contribution in [0.25, 0.3) is 0 Å². The van der Waals surface area contributed by atoms with Gasteiger partial charge >= 0.3 is 0 Å². The van der Waals surface area contributed by atoms with E-state index < -0.39 is 6.10 Å². The fraction of sp³-hybridized carbons (Fsp3) is 0.588. The van der Waals surface area contributed by atoms with Gasteiger partial charge in [-0.2, -0.15) is 0 Å². The van der Waals surface area contributed by atoms with Crippen LogP contribution in [-0.4, -0.2) is 44.9 Å². The Kier molecular flexibility index (Phi) is 4.76. The van der Waals surface area contributed by atoms with Crippen LogP contribution in [0.15, 0.2) is 24.3 Å². The summed E-state index contributed by atoms with van der Waals surface area (Å²) in [5.41, 5.74) is 2.06. The highest BCUT2D eigenvalue weighted by Gasteiger charge is 2.35. The second kappa shape index (κ2) is 6.77. The van der Waals surface area contributed by atoms with Gasteiger partial charge in [-0.1, -0.05) is 24.3 Å². The van der Waals surface area contributed by atoms with E-state index in [0.29, 0.717) is 19.8 Å². The average molecular weight is 304 g/mol. The van der Waals surface area contributed by atoms with E-state index in [4.69, 9.17) is 9.47 Å². The number of amides is 1. The van der Waals surface area contributed by atoms with Crippen LogP contribution in [0.3, 0.4) is 0 Å². The third-order valence-corrected chi connectivity index (χ3v) is 4.59. The van der Waals surface area contributed by atoms with Gasteiger partial charge in [-0.25, -0.2) is 0 Å². The van der Waals surface area contributed by atoms with Gasteiger partial charge in [0.25, 0.3) is 5.91 Å². The van der Waals surface area contributed by atoms with Crippen molar-refractivity contribution < 1.29 is 14.3 Å². The van der Waals surface area contributed by atoms with Crippen LogP contribution in [0.4, 0.5) is 0 Å². The van der Waals surface area contributed by atoms with Gasteiger partial charge in [0, 0.05) is 13.7 Å². The van der Waals surface area contributed by atoms with Crippen molar-refractivity contribution in [3.8, 4) is 0 Å². The first-order valence-electron chi connectivity index (χ1n) is 7.95. The number of ether oxygens (including phenoxy) is 2. The largest absolute Gasteiger partial charge is 0.383 e.